The summed E-state index contributed by atoms with van der Waals surface area (Å²) in [5, 5.41) is 0.453. The Morgan fingerprint density at radius 2 is 1.67 bits per heavy atom. The Hall–Kier alpha value is -1.08. The smallest absolute Gasteiger partial charge is 0.318 e. The van der Waals surface area contributed by atoms with Crippen molar-refractivity contribution in [1.29, 1.82) is 0 Å². The van der Waals surface area contributed by atoms with Gasteiger partial charge in [-0.1, -0.05) is 23.2 Å². The molecule has 1 aromatic carbocycles. The first-order chi connectivity index (χ1) is 8.16. The highest BCUT2D eigenvalue weighted by Gasteiger charge is 2.49. The van der Waals surface area contributed by atoms with Gasteiger partial charge in [0.15, 0.2) is 0 Å². The first-order valence-electron chi connectivity index (χ1n) is 4.28. The molecule has 0 spiro atoms. The van der Waals surface area contributed by atoms with Crippen molar-refractivity contribution in [3.05, 3.63) is 28.0 Å². The minimum absolute atomic E-state index is 0.488. The molecule has 0 fully saturated rings. The van der Waals surface area contributed by atoms with E-state index in [2.05, 4.69) is 0 Å². The lowest BCUT2D eigenvalue weighted by Gasteiger charge is -2.16. The number of hydrogen-bond acceptors (Lipinski definition) is 1. The lowest BCUT2D eigenvalue weighted by Crippen LogP contribution is -2.41. The molecule has 2 nitrogen and oxygen atoms in total. The number of rotatable bonds is 3. The van der Waals surface area contributed by atoms with Gasteiger partial charge in [0, 0.05) is 0 Å². The molecule has 0 saturated carbocycles. The van der Waals surface area contributed by atoms with Gasteiger partial charge >= 0.3 is 18.3 Å². The zero-order valence-corrected chi connectivity index (χ0v) is 9.80. The fourth-order valence-electron chi connectivity index (χ4n) is 0.958. The van der Waals surface area contributed by atoms with E-state index in [-0.39, 0.29) is 0 Å². The van der Waals surface area contributed by atoms with Crippen molar-refractivity contribution in [2.75, 3.05) is 5.32 Å². The SMILES string of the molecule is O=C(Nc1c(Cl)cc(F)cc1Cl)C(F)(F)C(F)F. The fraction of sp³-hybridized carbons (Fsp3) is 0.222. The molecule has 0 bridgehead atoms. The van der Waals surface area contributed by atoms with Gasteiger partial charge in [-0.25, -0.2) is 13.2 Å². The van der Waals surface area contributed by atoms with Crippen molar-refractivity contribution in [3.63, 3.8) is 0 Å². The molecule has 9 heteroatoms. The third kappa shape index (κ3) is 3.02. The normalized spacial score (nSPS) is 11.8. The van der Waals surface area contributed by atoms with Crippen LogP contribution in [0.3, 0.4) is 0 Å². The number of anilines is 1. The van der Waals surface area contributed by atoms with Crippen molar-refractivity contribution in [1.82, 2.24) is 0 Å². The third-order valence-electron chi connectivity index (χ3n) is 1.82. The largest absolute Gasteiger partial charge is 0.383 e. The van der Waals surface area contributed by atoms with E-state index in [1.54, 1.807) is 0 Å². The van der Waals surface area contributed by atoms with Gasteiger partial charge in [-0.15, -0.1) is 0 Å². The Bertz CT molecular complexity index is 457. The quantitative estimate of drug-likeness (QED) is 0.841. The van der Waals surface area contributed by atoms with Gasteiger partial charge in [0.05, 0.1) is 15.7 Å². The van der Waals surface area contributed by atoms with Gasteiger partial charge in [0.1, 0.15) is 5.82 Å². The highest BCUT2D eigenvalue weighted by Crippen LogP contribution is 2.33. The molecule has 1 amide bonds. The Balaban J connectivity index is 3.03. The van der Waals surface area contributed by atoms with Crippen LogP contribution >= 0.6 is 23.2 Å². The maximum Gasteiger partial charge on any atom is 0.383 e. The number of benzene rings is 1. The Morgan fingerprint density at radius 1 is 1.22 bits per heavy atom. The van der Waals surface area contributed by atoms with Crippen molar-refractivity contribution in [2.45, 2.75) is 12.3 Å². The number of nitrogens with one attached hydrogen (secondary N) is 1. The molecule has 1 rings (SSSR count). The van der Waals surface area contributed by atoms with Crippen LogP contribution in [-0.4, -0.2) is 18.3 Å². The van der Waals surface area contributed by atoms with Crippen LogP contribution in [0.2, 0.25) is 10.0 Å². The molecule has 1 N–H and O–H groups in total. The monoisotopic (exact) mass is 307 g/mol. The van der Waals surface area contributed by atoms with Crippen LogP contribution in [0.25, 0.3) is 0 Å². The second-order valence-corrected chi connectivity index (χ2v) is 3.94. The molecule has 0 atom stereocenters. The van der Waals surface area contributed by atoms with Crippen LogP contribution < -0.4 is 5.32 Å². The summed E-state index contributed by atoms with van der Waals surface area (Å²) in [5.41, 5.74) is -0.565. The maximum absolute atomic E-state index is 12.8. The van der Waals surface area contributed by atoms with Crippen LogP contribution in [0.5, 0.6) is 0 Å². The molecule has 18 heavy (non-hydrogen) atoms. The van der Waals surface area contributed by atoms with E-state index in [1.165, 1.54) is 5.32 Å². The molecule has 0 heterocycles. The Labute approximate surface area is 108 Å². The number of hydrogen-bond donors (Lipinski definition) is 1. The topological polar surface area (TPSA) is 29.1 Å². The lowest BCUT2D eigenvalue weighted by atomic mass is 10.2. The third-order valence-corrected chi connectivity index (χ3v) is 2.42. The molecular formula is C9H4Cl2F5NO. The first-order valence-corrected chi connectivity index (χ1v) is 5.03. The number of amides is 1. The van der Waals surface area contributed by atoms with Crippen molar-refractivity contribution in [2.24, 2.45) is 0 Å². The Morgan fingerprint density at radius 3 is 2.06 bits per heavy atom. The molecule has 0 saturated heterocycles. The van der Waals surface area contributed by atoms with Crippen LogP contribution in [0.1, 0.15) is 0 Å². The highest BCUT2D eigenvalue weighted by atomic mass is 35.5. The minimum atomic E-state index is -4.90. The highest BCUT2D eigenvalue weighted by molar-refractivity contribution is 6.39. The summed E-state index contributed by atoms with van der Waals surface area (Å²) < 4.78 is 61.8. The second kappa shape index (κ2) is 5.27. The number of carbonyl (C=O) groups excluding carboxylic acids is 1. The molecule has 100 valence electrons. The molecule has 0 aliphatic carbocycles. The molecule has 0 aliphatic heterocycles. The average molecular weight is 308 g/mol. The fourth-order valence-corrected chi connectivity index (χ4v) is 1.51. The van der Waals surface area contributed by atoms with Crippen LogP contribution in [-0.2, 0) is 4.79 Å². The van der Waals surface area contributed by atoms with Crippen molar-refractivity contribution >= 4 is 34.8 Å². The van der Waals surface area contributed by atoms with Gasteiger partial charge in [-0.3, -0.25) is 4.79 Å². The van der Waals surface area contributed by atoms with Gasteiger partial charge in [0.25, 0.3) is 0 Å². The summed E-state index contributed by atoms with van der Waals surface area (Å²) in [6, 6.07) is 1.37. The summed E-state index contributed by atoms with van der Waals surface area (Å²) in [4.78, 5) is 10.9. The summed E-state index contributed by atoms with van der Waals surface area (Å²) in [6.07, 6.45) is -4.18. The van der Waals surface area contributed by atoms with Crippen LogP contribution in [0.4, 0.5) is 27.6 Å². The zero-order valence-electron chi connectivity index (χ0n) is 8.29. The van der Waals surface area contributed by atoms with Crippen LogP contribution in [0, 0.1) is 5.82 Å². The number of alkyl halides is 4. The van der Waals surface area contributed by atoms with Gasteiger partial charge in [-0.2, -0.15) is 8.78 Å². The van der Waals surface area contributed by atoms with Crippen molar-refractivity contribution in [3.8, 4) is 0 Å². The number of halogens is 7. The van der Waals surface area contributed by atoms with E-state index >= 15 is 0 Å². The average Bonchev–Trinajstić information content (AvgIpc) is 2.22. The lowest BCUT2D eigenvalue weighted by molar-refractivity contribution is -0.163. The molecule has 0 aliphatic rings. The van der Waals surface area contributed by atoms with E-state index in [1.807, 2.05) is 0 Å². The van der Waals surface area contributed by atoms with Crippen LogP contribution in [0.15, 0.2) is 12.1 Å². The standard InChI is InChI=1S/C9H4Cl2F5NO/c10-4-1-3(12)2-5(11)6(4)17-8(18)9(15,16)7(13)14/h1-2,7H,(H,17,18). The molecule has 0 aromatic heterocycles. The first kappa shape index (κ1) is 15.0. The van der Waals surface area contributed by atoms with E-state index in [4.69, 9.17) is 23.2 Å². The minimum Gasteiger partial charge on any atom is -0.318 e. The van der Waals surface area contributed by atoms with E-state index in [0.717, 1.165) is 0 Å². The predicted octanol–water partition coefficient (Wildman–Crippen LogP) is 3.97. The van der Waals surface area contributed by atoms with E-state index in [9.17, 15) is 26.7 Å². The summed E-state index contributed by atoms with van der Waals surface area (Å²) in [5.74, 6) is -8.06. The zero-order chi connectivity index (χ0) is 14.1. The summed E-state index contributed by atoms with van der Waals surface area (Å²) in [6.45, 7) is 0. The number of carbonyl (C=O) groups is 1. The van der Waals surface area contributed by atoms with E-state index < -0.39 is 39.8 Å². The van der Waals surface area contributed by atoms with E-state index in [0.29, 0.717) is 12.1 Å². The second-order valence-electron chi connectivity index (χ2n) is 3.12. The summed E-state index contributed by atoms with van der Waals surface area (Å²) >= 11 is 10.9. The van der Waals surface area contributed by atoms with Gasteiger partial charge in [-0.05, 0) is 12.1 Å². The molecular weight excluding hydrogens is 304 g/mol. The van der Waals surface area contributed by atoms with Crippen molar-refractivity contribution < 1.29 is 26.7 Å². The van der Waals surface area contributed by atoms with Gasteiger partial charge in [0.2, 0.25) is 0 Å². The molecule has 1 aromatic rings. The Kier molecular flexibility index (Phi) is 4.39. The predicted molar refractivity (Wildman–Crippen MR) is 56.0 cm³/mol. The molecule has 0 unspecified atom stereocenters. The van der Waals surface area contributed by atoms with Gasteiger partial charge < -0.3 is 5.32 Å². The summed E-state index contributed by atoms with van der Waals surface area (Å²) in [7, 11) is 0. The maximum atomic E-state index is 12.8. The molecule has 0 radical (unpaired) electrons.